The highest BCUT2D eigenvalue weighted by molar-refractivity contribution is 7.45. The number of likely N-dealkylation sites (N-methyl/N-ethyl adjacent to an activating group) is 1. The number of carbonyl (C=O) groups excluding carboxylic acids is 2. The van der Waals surface area contributed by atoms with E-state index in [0.717, 1.165) is 70.6 Å². The van der Waals surface area contributed by atoms with Crippen molar-refractivity contribution in [3.8, 4) is 0 Å². The second-order valence-corrected chi connectivity index (χ2v) is 25.0. The molecule has 9 nitrogen and oxygen atoms in total. The van der Waals surface area contributed by atoms with Crippen LogP contribution in [-0.2, 0) is 27.9 Å². The van der Waals surface area contributed by atoms with Crippen LogP contribution in [0.15, 0.2) is 24.3 Å². The zero-order valence-electron chi connectivity index (χ0n) is 50.8. The van der Waals surface area contributed by atoms with E-state index in [1.807, 2.05) is 33.3 Å². The van der Waals surface area contributed by atoms with Gasteiger partial charge in [-0.05, 0) is 57.4 Å². The fourth-order valence-electron chi connectivity index (χ4n) is 9.81. The van der Waals surface area contributed by atoms with Crippen LogP contribution in [-0.4, -0.2) is 69.4 Å². The molecule has 0 heterocycles. The molecule has 0 aliphatic heterocycles. The summed E-state index contributed by atoms with van der Waals surface area (Å²) in [6.45, 7) is 6.87. The van der Waals surface area contributed by atoms with Crippen molar-refractivity contribution in [2.75, 3.05) is 40.9 Å². The zero-order chi connectivity index (χ0) is 55.0. The molecule has 1 amide bonds. The maximum absolute atomic E-state index is 13.5. The molecule has 444 valence electrons. The van der Waals surface area contributed by atoms with Gasteiger partial charge in [-0.15, -0.1) is 0 Å². The van der Waals surface area contributed by atoms with E-state index in [2.05, 4.69) is 38.2 Å². The number of amides is 1. The van der Waals surface area contributed by atoms with Crippen molar-refractivity contribution in [3.63, 3.8) is 0 Å². The van der Waals surface area contributed by atoms with Crippen LogP contribution >= 0.6 is 7.82 Å². The molecule has 0 saturated carbocycles. The molecule has 10 heteroatoms. The molecule has 0 spiro atoms. The Morgan fingerprint density at radius 2 is 0.773 bits per heavy atom. The molecule has 0 radical (unpaired) electrons. The van der Waals surface area contributed by atoms with Crippen LogP contribution < -0.4 is 10.2 Å². The molecule has 0 saturated heterocycles. The topological polar surface area (TPSA) is 114 Å². The highest BCUT2D eigenvalue weighted by Gasteiger charge is 2.27. The third kappa shape index (κ3) is 57.0. The number of esters is 1. The standard InChI is InChI=1S/C65H127N2O7P/c1-7-10-13-16-19-22-25-27-29-30-31-32-33-34-35-36-38-39-42-45-48-51-54-57-64(68)66-62(61-73-75(70,71)72-60-59-67(4,5)6)63(56-53-50-47-44-41-24-21-18-15-12-9-3)74-65(69)58-55-52-49-46-43-40-37-28-26-23-20-17-14-11-8-2/h23,26,53,56,62-63H,7-22,24-25,27-52,54-55,57-61H2,1-6H3,(H-,66,68,70,71)/b26-23-,56-53-. The van der Waals surface area contributed by atoms with Crippen LogP contribution in [0.4, 0.5) is 0 Å². The zero-order valence-corrected chi connectivity index (χ0v) is 51.7. The fourth-order valence-corrected chi connectivity index (χ4v) is 10.5. The first-order chi connectivity index (χ1) is 36.4. The van der Waals surface area contributed by atoms with Gasteiger partial charge in [0.15, 0.2) is 0 Å². The molecule has 0 aromatic carbocycles. The minimum Gasteiger partial charge on any atom is -0.756 e. The largest absolute Gasteiger partial charge is 0.756 e. The van der Waals surface area contributed by atoms with Crippen molar-refractivity contribution in [2.24, 2.45) is 0 Å². The first kappa shape index (κ1) is 73.5. The van der Waals surface area contributed by atoms with Gasteiger partial charge in [-0.2, -0.15) is 0 Å². The average Bonchev–Trinajstić information content (AvgIpc) is 3.37. The van der Waals surface area contributed by atoms with Crippen LogP contribution in [0.2, 0.25) is 0 Å². The highest BCUT2D eigenvalue weighted by Crippen LogP contribution is 2.38. The number of unbranched alkanes of at least 4 members (excludes halogenated alkanes) is 42. The number of hydrogen-bond donors (Lipinski definition) is 1. The molecule has 0 aliphatic rings. The van der Waals surface area contributed by atoms with Crippen LogP contribution in [0.25, 0.3) is 0 Å². The first-order valence-corrected chi connectivity index (χ1v) is 34.1. The number of phosphoric acid groups is 1. The number of allylic oxidation sites excluding steroid dienone is 3. The van der Waals surface area contributed by atoms with Crippen molar-refractivity contribution < 1.29 is 37.3 Å². The number of ether oxygens (including phenoxy) is 1. The Labute approximate surface area is 466 Å². The van der Waals surface area contributed by atoms with Crippen LogP contribution in [0.5, 0.6) is 0 Å². The van der Waals surface area contributed by atoms with Crippen molar-refractivity contribution in [2.45, 2.75) is 341 Å². The van der Waals surface area contributed by atoms with Gasteiger partial charge in [-0.25, -0.2) is 0 Å². The third-order valence-corrected chi connectivity index (χ3v) is 15.8. The van der Waals surface area contributed by atoms with E-state index in [4.69, 9.17) is 13.8 Å². The highest BCUT2D eigenvalue weighted by atomic mass is 31.2. The van der Waals surface area contributed by atoms with Crippen molar-refractivity contribution >= 4 is 19.7 Å². The predicted molar refractivity (Wildman–Crippen MR) is 321 cm³/mol. The third-order valence-electron chi connectivity index (χ3n) is 14.9. The summed E-state index contributed by atoms with van der Waals surface area (Å²) in [5.41, 5.74) is 0. The van der Waals surface area contributed by atoms with Gasteiger partial charge < -0.3 is 28.5 Å². The molecular weight excluding hydrogens is 952 g/mol. The van der Waals surface area contributed by atoms with Gasteiger partial charge in [0.2, 0.25) is 5.91 Å². The monoisotopic (exact) mass is 1080 g/mol. The number of quaternary nitrogens is 1. The van der Waals surface area contributed by atoms with E-state index in [0.29, 0.717) is 17.4 Å². The molecule has 0 rings (SSSR count). The summed E-state index contributed by atoms with van der Waals surface area (Å²) >= 11 is 0. The van der Waals surface area contributed by atoms with Crippen LogP contribution in [0.3, 0.4) is 0 Å². The van der Waals surface area contributed by atoms with E-state index < -0.39 is 20.0 Å². The summed E-state index contributed by atoms with van der Waals surface area (Å²) in [4.78, 5) is 40.0. The van der Waals surface area contributed by atoms with Crippen LogP contribution in [0.1, 0.15) is 329 Å². The summed E-state index contributed by atoms with van der Waals surface area (Å²) in [5.74, 6) is -0.529. The van der Waals surface area contributed by atoms with E-state index >= 15 is 0 Å². The SMILES string of the molecule is CCCCCC/C=C\CCCCCCCCCC(=O)OC(/C=C\CCCCCCCCCCC)C(COP(=O)([O-])OCC[N+](C)(C)C)NC(=O)CCCCCCCCCCCCCCCCCCCCCCCCC. The van der Waals surface area contributed by atoms with Crippen molar-refractivity contribution in [3.05, 3.63) is 24.3 Å². The van der Waals surface area contributed by atoms with E-state index in [1.165, 1.54) is 225 Å². The Kier molecular flexibility index (Phi) is 54.7. The quantitative estimate of drug-likeness (QED) is 0.0212. The first-order valence-electron chi connectivity index (χ1n) is 32.6. The van der Waals surface area contributed by atoms with Gasteiger partial charge in [-0.3, -0.25) is 14.2 Å². The Hall–Kier alpha value is -1.51. The molecule has 0 aromatic heterocycles. The number of carbonyl (C=O) groups is 2. The van der Waals surface area contributed by atoms with Gasteiger partial charge in [-0.1, -0.05) is 283 Å². The summed E-state index contributed by atoms with van der Waals surface area (Å²) in [6, 6.07) is -0.884. The Morgan fingerprint density at radius 3 is 1.15 bits per heavy atom. The molecule has 0 bridgehead atoms. The maximum Gasteiger partial charge on any atom is 0.306 e. The molecule has 3 unspecified atom stereocenters. The van der Waals surface area contributed by atoms with E-state index in [1.54, 1.807) is 0 Å². The number of hydrogen-bond acceptors (Lipinski definition) is 7. The minimum atomic E-state index is -4.69. The van der Waals surface area contributed by atoms with Crippen LogP contribution in [0, 0.1) is 0 Å². The van der Waals surface area contributed by atoms with Gasteiger partial charge in [0.05, 0.1) is 33.8 Å². The lowest BCUT2D eigenvalue weighted by Gasteiger charge is -2.30. The molecule has 0 fully saturated rings. The normalized spacial score (nSPS) is 13.7. The molecular formula is C65H127N2O7P. The fraction of sp³-hybridized carbons (Fsp3) is 0.908. The van der Waals surface area contributed by atoms with Gasteiger partial charge in [0, 0.05) is 12.8 Å². The predicted octanol–water partition coefficient (Wildman–Crippen LogP) is 19.5. The summed E-state index contributed by atoms with van der Waals surface area (Å²) in [6.07, 6.45) is 65.8. The molecule has 3 atom stereocenters. The van der Waals surface area contributed by atoms with Gasteiger partial charge in [0.25, 0.3) is 7.82 Å². The van der Waals surface area contributed by atoms with Crippen molar-refractivity contribution in [1.29, 1.82) is 0 Å². The van der Waals surface area contributed by atoms with E-state index in [9.17, 15) is 19.0 Å². The minimum absolute atomic E-state index is 0.0193. The molecule has 75 heavy (non-hydrogen) atoms. The lowest BCUT2D eigenvalue weighted by molar-refractivity contribution is -0.870. The smallest absolute Gasteiger partial charge is 0.306 e. The summed E-state index contributed by atoms with van der Waals surface area (Å²) < 4.78 is 30.3. The molecule has 1 N–H and O–H groups in total. The maximum atomic E-state index is 13.5. The Bertz CT molecular complexity index is 1340. The summed E-state index contributed by atoms with van der Waals surface area (Å²) in [7, 11) is 1.20. The number of nitrogens with zero attached hydrogens (tertiary/aromatic N) is 1. The van der Waals surface area contributed by atoms with E-state index in [-0.39, 0.29) is 31.5 Å². The lowest BCUT2D eigenvalue weighted by Crippen LogP contribution is -2.47. The van der Waals surface area contributed by atoms with Gasteiger partial charge >= 0.3 is 5.97 Å². The second kappa shape index (κ2) is 55.8. The number of nitrogens with one attached hydrogen (secondary N) is 1. The lowest BCUT2D eigenvalue weighted by atomic mass is 10.0. The Balaban J connectivity index is 5.06. The molecule has 0 aromatic rings. The Morgan fingerprint density at radius 1 is 0.453 bits per heavy atom. The second-order valence-electron chi connectivity index (χ2n) is 23.6. The van der Waals surface area contributed by atoms with Crippen molar-refractivity contribution in [1.82, 2.24) is 5.32 Å². The number of phosphoric ester groups is 1. The number of rotatable bonds is 60. The average molecular weight is 1080 g/mol. The van der Waals surface area contributed by atoms with Gasteiger partial charge in [0.1, 0.15) is 19.3 Å². The summed E-state index contributed by atoms with van der Waals surface area (Å²) in [5, 5.41) is 3.04. The molecule has 0 aliphatic carbocycles.